The van der Waals surface area contributed by atoms with Crippen LogP contribution in [0.15, 0.2) is 30.5 Å². The van der Waals surface area contributed by atoms with Crippen LogP contribution in [0.25, 0.3) is 5.69 Å². The van der Waals surface area contributed by atoms with E-state index >= 15 is 0 Å². The van der Waals surface area contributed by atoms with Crippen molar-refractivity contribution in [3.05, 3.63) is 47.5 Å². The number of aromatic nitrogens is 2. The number of hydrogen-bond acceptors (Lipinski definition) is 3. The van der Waals surface area contributed by atoms with E-state index in [2.05, 4.69) is 5.10 Å². The number of aliphatic carboxylic acids is 1. The summed E-state index contributed by atoms with van der Waals surface area (Å²) in [5.41, 5.74) is 0.721. The van der Waals surface area contributed by atoms with Crippen molar-refractivity contribution < 1.29 is 32.3 Å². The Bertz CT molecular complexity index is 802. The van der Waals surface area contributed by atoms with E-state index in [0.717, 1.165) is 0 Å². The highest BCUT2D eigenvalue weighted by atomic mass is 19.4. The molecule has 0 aliphatic rings. The van der Waals surface area contributed by atoms with Crippen molar-refractivity contribution in [3.8, 4) is 5.69 Å². The van der Waals surface area contributed by atoms with Crippen molar-refractivity contribution in [1.82, 2.24) is 15.1 Å². The fraction of sp³-hybridized carbons (Fsp3) is 0.267. The van der Waals surface area contributed by atoms with E-state index in [1.807, 2.05) is 0 Å². The van der Waals surface area contributed by atoms with Crippen LogP contribution >= 0.6 is 0 Å². The first-order valence-electron chi connectivity index (χ1n) is 6.99. The highest BCUT2D eigenvalue weighted by molar-refractivity contribution is 5.94. The van der Waals surface area contributed by atoms with Gasteiger partial charge in [-0.3, -0.25) is 4.79 Å². The number of hydrogen-bond donors (Lipinski definition) is 2. The first kappa shape index (κ1) is 18.4. The number of carbonyl (C=O) groups is 2. The van der Waals surface area contributed by atoms with E-state index in [-0.39, 0.29) is 5.69 Å². The number of nitrogens with one attached hydrogen (secondary N) is 1. The maximum Gasteiger partial charge on any atom is 0.391 e. The second-order valence-corrected chi connectivity index (χ2v) is 5.26. The summed E-state index contributed by atoms with van der Waals surface area (Å²) in [7, 11) is 0. The van der Waals surface area contributed by atoms with Crippen LogP contribution in [0, 0.1) is 12.7 Å². The minimum atomic E-state index is -4.75. The number of amides is 1. The average molecular weight is 359 g/mol. The minimum Gasteiger partial charge on any atom is -0.480 e. The van der Waals surface area contributed by atoms with E-state index in [1.165, 1.54) is 35.1 Å². The fourth-order valence-corrected chi connectivity index (χ4v) is 2.12. The van der Waals surface area contributed by atoms with Gasteiger partial charge >= 0.3 is 12.1 Å². The lowest BCUT2D eigenvalue weighted by molar-refractivity contribution is -0.157. The molecular weight excluding hydrogens is 346 g/mol. The lowest BCUT2D eigenvalue weighted by Crippen LogP contribution is -2.43. The number of carboxylic acid groups (broad SMARTS) is 1. The number of carboxylic acids is 1. The van der Waals surface area contributed by atoms with Gasteiger partial charge in [0.25, 0.3) is 5.91 Å². The molecule has 0 saturated carbocycles. The molecule has 6 nitrogen and oxygen atoms in total. The number of nitrogens with zero attached hydrogens (tertiary/aromatic N) is 2. The number of alkyl halides is 3. The Morgan fingerprint density at radius 2 is 2.00 bits per heavy atom. The van der Waals surface area contributed by atoms with Crippen molar-refractivity contribution in [2.45, 2.75) is 25.6 Å². The van der Waals surface area contributed by atoms with Crippen molar-refractivity contribution in [1.29, 1.82) is 0 Å². The van der Waals surface area contributed by atoms with E-state index in [4.69, 9.17) is 5.11 Å². The Morgan fingerprint density at radius 3 is 2.56 bits per heavy atom. The van der Waals surface area contributed by atoms with Crippen LogP contribution in [-0.4, -0.2) is 39.0 Å². The average Bonchev–Trinajstić information content (AvgIpc) is 2.94. The Hall–Kier alpha value is -2.91. The van der Waals surface area contributed by atoms with E-state index < -0.39 is 36.3 Å². The Labute approximate surface area is 139 Å². The lowest BCUT2D eigenvalue weighted by Gasteiger charge is -2.15. The van der Waals surface area contributed by atoms with Crippen LogP contribution < -0.4 is 5.32 Å². The second-order valence-electron chi connectivity index (χ2n) is 5.26. The Balaban J connectivity index is 2.18. The molecule has 2 aromatic rings. The first-order valence-corrected chi connectivity index (χ1v) is 6.99. The molecule has 0 aliphatic heterocycles. The summed E-state index contributed by atoms with van der Waals surface area (Å²) in [5.74, 6) is -3.32. The zero-order valence-corrected chi connectivity index (χ0v) is 12.8. The molecule has 1 unspecified atom stereocenters. The zero-order valence-electron chi connectivity index (χ0n) is 12.8. The predicted molar refractivity (Wildman–Crippen MR) is 77.8 cm³/mol. The molecule has 0 spiro atoms. The lowest BCUT2D eigenvalue weighted by atomic mass is 10.2. The molecule has 0 fully saturated rings. The summed E-state index contributed by atoms with van der Waals surface area (Å²) < 4.78 is 51.4. The predicted octanol–water partition coefficient (Wildman–Crippen LogP) is 2.46. The molecule has 25 heavy (non-hydrogen) atoms. The highest BCUT2D eigenvalue weighted by Crippen LogP contribution is 2.22. The van der Waals surface area contributed by atoms with Crippen LogP contribution in [0.3, 0.4) is 0 Å². The van der Waals surface area contributed by atoms with Gasteiger partial charge in [-0.15, -0.1) is 0 Å². The van der Waals surface area contributed by atoms with Gasteiger partial charge in [0.1, 0.15) is 11.9 Å². The largest absolute Gasteiger partial charge is 0.480 e. The smallest absolute Gasteiger partial charge is 0.391 e. The molecule has 10 heteroatoms. The molecule has 2 rings (SSSR count). The maximum absolute atomic E-state index is 13.1. The third-order valence-corrected chi connectivity index (χ3v) is 3.27. The quantitative estimate of drug-likeness (QED) is 0.804. The maximum atomic E-state index is 13.1. The third-order valence-electron chi connectivity index (χ3n) is 3.27. The topological polar surface area (TPSA) is 84.2 Å². The fourth-order valence-electron chi connectivity index (χ4n) is 2.12. The molecule has 0 radical (unpaired) electrons. The highest BCUT2D eigenvalue weighted by Gasteiger charge is 2.36. The van der Waals surface area contributed by atoms with Gasteiger partial charge in [0.05, 0.1) is 12.1 Å². The van der Waals surface area contributed by atoms with E-state index in [0.29, 0.717) is 11.3 Å². The van der Waals surface area contributed by atoms with Crippen molar-refractivity contribution in [3.63, 3.8) is 0 Å². The van der Waals surface area contributed by atoms with E-state index in [1.54, 1.807) is 12.2 Å². The van der Waals surface area contributed by atoms with Gasteiger partial charge in [0.2, 0.25) is 0 Å². The first-order chi connectivity index (χ1) is 11.6. The van der Waals surface area contributed by atoms with Crippen LogP contribution in [0.1, 0.15) is 22.5 Å². The molecule has 0 bridgehead atoms. The van der Waals surface area contributed by atoms with Crippen LogP contribution in [-0.2, 0) is 4.79 Å². The number of rotatable bonds is 5. The number of carbonyl (C=O) groups excluding carboxylic acids is 1. The second kappa shape index (κ2) is 6.91. The zero-order chi connectivity index (χ0) is 18.8. The molecule has 1 heterocycles. The SMILES string of the molecule is Cc1cc(F)ccc1-n1ccc(C(=O)NC(CC(F)(F)F)C(=O)O)n1. The van der Waals surface area contributed by atoms with Gasteiger partial charge in [0, 0.05) is 6.20 Å². The Morgan fingerprint density at radius 1 is 1.32 bits per heavy atom. The molecule has 1 aromatic heterocycles. The molecule has 0 saturated heterocycles. The number of benzene rings is 1. The van der Waals surface area contributed by atoms with Gasteiger partial charge in [-0.25, -0.2) is 13.9 Å². The summed E-state index contributed by atoms with van der Waals surface area (Å²) in [6, 6.07) is 2.95. The normalized spacial score (nSPS) is 12.7. The molecule has 134 valence electrons. The van der Waals surface area contributed by atoms with Gasteiger partial charge in [-0.05, 0) is 36.8 Å². The van der Waals surface area contributed by atoms with E-state index in [9.17, 15) is 27.2 Å². The van der Waals surface area contributed by atoms with Gasteiger partial charge in [0.15, 0.2) is 5.69 Å². The van der Waals surface area contributed by atoms with Crippen LogP contribution in [0.5, 0.6) is 0 Å². The van der Waals surface area contributed by atoms with Gasteiger partial charge < -0.3 is 10.4 Å². The van der Waals surface area contributed by atoms with Crippen molar-refractivity contribution in [2.75, 3.05) is 0 Å². The summed E-state index contributed by atoms with van der Waals surface area (Å²) in [6.45, 7) is 1.61. The van der Waals surface area contributed by atoms with Gasteiger partial charge in [-0.2, -0.15) is 18.3 Å². The van der Waals surface area contributed by atoms with Crippen molar-refractivity contribution >= 4 is 11.9 Å². The molecule has 1 amide bonds. The summed E-state index contributed by atoms with van der Waals surface area (Å²) in [4.78, 5) is 22.8. The minimum absolute atomic E-state index is 0.267. The standard InChI is InChI=1S/C15H13F4N3O3/c1-8-6-9(16)2-3-12(8)22-5-4-10(21-22)13(23)20-11(14(24)25)7-15(17,18)19/h2-6,11H,7H2,1H3,(H,20,23)(H,24,25). The molecule has 0 aliphatic carbocycles. The molecule has 1 aromatic carbocycles. The Kier molecular flexibility index (Phi) is 5.10. The summed E-state index contributed by atoms with van der Waals surface area (Å²) >= 11 is 0. The molecular formula is C15H13F4N3O3. The summed E-state index contributed by atoms with van der Waals surface area (Å²) in [6.07, 6.45) is -5.10. The van der Waals surface area contributed by atoms with Crippen LogP contribution in [0.2, 0.25) is 0 Å². The third kappa shape index (κ3) is 4.78. The molecule has 2 N–H and O–H groups in total. The monoisotopic (exact) mass is 359 g/mol. The van der Waals surface area contributed by atoms with Crippen molar-refractivity contribution in [2.24, 2.45) is 0 Å². The van der Waals surface area contributed by atoms with Crippen LogP contribution in [0.4, 0.5) is 17.6 Å². The summed E-state index contributed by atoms with van der Waals surface area (Å²) in [5, 5.41) is 14.5. The molecule has 1 atom stereocenters. The number of halogens is 4. The van der Waals surface area contributed by atoms with Gasteiger partial charge in [-0.1, -0.05) is 0 Å². The number of aryl methyl sites for hydroxylation is 1.